The first kappa shape index (κ1) is 30.6. The Morgan fingerprint density at radius 1 is 0.707 bits per heavy atom. The first-order valence-electron chi connectivity index (χ1n) is 12.8. The third-order valence-corrected chi connectivity index (χ3v) is 10.0. The van der Waals surface area contributed by atoms with Gasteiger partial charge in [-0.2, -0.15) is 25.4 Å². The van der Waals surface area contributed by atoms with Crippen molar-refractivity contribution in [2.75, 3.05) is 34.7 Å². The summed E-state index contributed by atoms with van der Waals surface area (Å²) < 4.78 is 54.9. The molecule has 0 unspecified atom stereocenters. The van der Waals surface area contributed by atoms with Crippen molar-refractivity contribution in [3.8, 4) is 0 Å². The monoisotopic (exact) mass is 601 g/mol. The molecule has 0 saturated heterocycles. The van der Waals surface area contributed by atoms with E-state index < -0.39 is 26.0 Å². The highest BCUT2D eigenvalue weighted by molar-refractivity contribution is 7.87. The minimum atomic E-state index is -3.90. The van der Waals surface area contributed by atoms with Gasteiger partial charge in [0, 0.05) is 66.6 Å². The summed E-state index contributed by atoms with van der Waals surface area (Å²) in [5.74, 6) is 0. The lowest BCUT2D eigenvalue weighted by Gasteiger charge is -2.29. The van der Waals surface area contributed by atoms with Crippen LogP contribution >= 0.6 is 0 Å². The summed E-state index contributed by atoms with van der Waals surface area (Å²) in [6, 6.07) is 19.8. The Bertz CT molecular complexity index is 1530. The molecule has 0 bridgehead atoms. The maximum Gasteiger partial charge on any atom is 0.308 e. The second-order valence-corrected chi connectivity index (χ2v) is 14.1. The predicted molar refractivity (Wildman–Crippen MR) is 155 cm³/mol. The minimum absolute atomic E-state index is 0.0230. The highest BCUT2D eigenvalue weighted by Crippen LogP contribution is 2.32. The Labute approximate surface area is 241 Å². The third kappa shape index (κ3) is 6.74. The van der Waals surface area contributed by atoms with E-state index in [1.165, 1.54) is 40.6 Å². The van der Waals surface area contributed by atoms with Crippen LogP contribution in [0.1, 0.15) is 28.9 Å². The molecule has 2 aromatic carbocycles. The highest BCUT2D eigenvalue weighted by atomic mass is 32.2. The fraction of sp³-hybridized carbons (Fsp3) is 0.333. The van der Waals surface area contributed by atoms with Gasteiger partial charge < -0.3 is 5.11 Å². The molecule has 0 fully saturated rings. The van der Waals surface area contributed by atoms with Gasteiger partial charge in [-0.05, 0) is 11.1 Å². The van der Waals surface area contributed by atoms with Crippen molar-refractivity contribution in [1.82, 2.24) is 31.4 Å². The summed E-state index contributed by atoms with van der Waals surface area (Å²) in [7, 11) is -2.25. The Morgan fingerprint density at radius 3 is 1.46 bits per heavy atom. The molecular formula is C27H35N7O5S2. The van der Waals surface area contributed by atoms with E-state index in [1.54, 1.807) is 0 Å². The van der Waals surface area contributed by atoms with Crippen molar-refractivity contribution in [3.63, 3.8) is 0 Å². The zero-order chi connectivity index (χ0) is 29.8. The van der Waals surface area contributed by atoms with Gasteiger partial charge in [0.05, 0.1) is 11.4 Å². The van der Waals surface area contributed by atoms with Gasteiger partial charge >= 0.3 is 20.4 Å². The number of aromatic nitrogens is 4. The van der Waals surface area contributed by atoms with E-state index in [9.17, 15) is 21.9 Å². The van der Waals surface area contributed by atoms with Crippen LogP contribution in [0.5, 0.6) is 0 Å². The van der Waals surface area contributed by atoms with Crippen LogP contribution in [-0.2, 0) is 39.1 Å². The molecule has 2 aromatic heterocycles. The number of imidazole rings is 2. The van der Waals surface area contributed by atoms with Gasteiger partial charge in [0.25, 0.3) is 0 Å². The topological polar surface area (TPSA) is 134 Å². The molecule has 0 aliphatic heterocycles. The largest absolute Gasteiger partial charge is 0.377 e. The molecule has 12 nitrogen and oxygen atoms in total. The first-order chi connectivity index (χ1) is 19.3. The number of rotatable bonds is 13. The van der Waals surface area contributed by atoms with E-state index in [2.05, 4.69) is 14.9 Å². The smallest absolute Gasteiger partial charge is 0.308 e. The first-order valence-corrected chi connectivity index (χ1v) is 15.6. The van der Waals surface area contributed by atoms with E-state index in [-0.39, 0.29) is 17.8 Å². The summed E-state index contributed by atoms with van der Waals surface area (Å²) in [5.41, 5.74) is 0.292. The lowest BCUT2D eigenvalue weighted by Crippen LogP contribution is -2.35. The van der Waals surface area contributed by atoms with Crippen LogP contribution in [0.4, 0.5) is 0 Å². The molecule has 0 atom stereocenters. The molecule has 1 N–H and O–H groups in total. The quantitative estimate of drug-likeness (QED) is 0.245. The van der Waals surface area contributed by atoms with E-state index in [4.69, 9.17) is 0 Å². The predicted octanol–water partition coefficient (Wildman–Crippen LogP) is 1.72. The Morgan fingerprint density at radius 2 is 1.10 bits per heavy atom. The molecule has 0 aliphatic carbocycles. The zero-order valence-corrected chi connectivity index (χ0v) is 25.1. The van der Waals surface area contributed by atoms with Gasteiger partial charge in [-0.3, -0.25) is 4.90 Å². The molecule has 2 heterocycles. The lowest BCUT2D eigenvalue weighted by molar-refractivity contribution is 0.0476. The molecule has 41 heavy (non-hydrogen) atoms. The molecule has 0 aliphatic rings. The Kier molecular flexibility index (Phi) is 9.11. The average Bonchev–Trinajstić information content (AvgIpc) is 3.65. The average molecular weight is 602 g/mol. The van der Waals surface area contributed by atoms with E-state index in [1.807, 2.05) is 60.7 Å². The number of nitrogens with zero attached hydrogens (tertiary/aromatic N) is 7. The number of aliphatic hydroxyl groups is 1. The van der Waals surface area contributed by atoms with Gasteiger partial charge in [0.2, 0.25) is 0 Å². The van der Waals surface area contributed by atoms with Crippen LogP contribution in [0.3, 0.4) is 0 Å². The molecule has 4 aromatic rings. The molecule has 0 radical (unpaired) electrons. The summed E-state index contributed by atoms with van der Waals surface area (Å²) in [4.78, 5) is 10.6. The van der Waals surface area contributed by atoms with E-state index >= 15 is 0 Å². The molecule has 0 amide bonds. The minimum Gasteiger partial charge on any atom is -0.377 e. The van der Waals surface area contributed by atoms with Crippen LogP contribution in [-0.4, -0.2) is 88.1 Å². The van der Waals surface area contributed by atoms with E-state index in [0.29, 0.717) is 19.6 Å². The van der Waals surface area contributed by atoms with Crippen molar-refractivity contribution in [3.05, 3.63) is 108 Å². The summed E-state index contributed by atoms with van der Waals surface area (Å²) >= 11 is 0. The van der Waals surface area contributed by atoms with Gasteiger partial charge in [-0.1, -0.05) is 60.7 Å². The molecule has 220 valence electrons. The molecule has 4 rings (SSSR count). The standard InChI is InChI=1S/C27H35N7O5S2/c1-30(2)40(36,37)33-19-25(28-21-33)27(35,26-20-34(22-29-26)41(38,39)31(3)4)15-16-32(17-23-11-7-5-8-12-23)18-24-13-9-6-10-14-24/h5-14,19-22,35H,15-18H2,1-4H3. The van der Waals surface area contributed by atoms with Crippen molar-refractivity contribution in [2.45, 2.75) is 25.1 Å². The number of benzene rings is 2. The van der Waals surface area contributed by atoms with Crippen molar-refractivity contribution >= 4 is 20.4 Å². The van der Waals surface area contributed by atoms with Gasteiger partial charge in [0.1, 0.15) is 12.7 Å². The normalized spacial score (nSPS) is 13.0. The molecule has 0 saturated carbocycles. The summed E-state index contributed by atoms with van der Waals surface area (Å²) in [6.45, 7) is 1.51. The Hall–Kier alpha value is -3.40. The van der Waals surface area contributed by atoms with Crippen molar-refractivity contribution < 1.29 is 21.9 Å². The van der Waals surface area contributed by atoms with Crippen molar-refractivity contribution in [1.29, 1.82) is 0 Å². The van der Waals surface area contributed by atoms with Gasteiger partial charge in [-0.15, -0.1) is 0 Å². The van der Waals surface area contributed by atoms with Crippen LogP contribution in [0.2, 0.25) is 0 Å². The third-order valence-electron chi connectivity index (χ3n) is 6.71. The van der Waals surface area contributed by atoms with Crippen LogP contribution in [0, 0.1) is 0 Å². The lowest BCUT2D eigenvalue weighted by atomic mass is 9.92. The number of hydrogen-bond acceptors (Lipinski definition) is 8. The SMILES string of the molecule is CN(C)S(=O)(=O)n1cnc(C(O)(CCN(Cc2ccccc2)Cc2ccccc2)c2cn(S(=O)(=O)N(C)C)cn2)c1. The second kappa shape index (κ2) is 12.2. The molecular weight excluding hydrogens is 566 g/mol. The van der Waals surface area contributed by atoms with Crippen molar-refractivity contribution in [2.24, 2.45) is 0 Å². The van der Waals surface area contributed by atoms with Crippen LogP contribution < -0.4 is 0 Å². The zero-order valence-electron chi connectivity index (χ0n) is 23.4. The summed E-state index contributed by atoms with van der Waals surface area (Å²) in [5, 5.41) is 12.2. The number of hydrogen-bond donors (Lipinski definition) is 1. The highest BCUT2D eigenvalue weighted by Gasteiger charge is 2.38. The maximum atomic E-state index is 12.7. The van der Waals surface area contributed by atoms with E-state index in [0.717, 1.165) is 40.3 Å². The summed E-state index contributed by atoms with van der Waals surface area (Å²) in [6.07, 6.45) is 4.72. The van der Waals surface area contributed by atoms with Crippen LogP contribution in [0.25, 0.3) is 0 Å². The molecule has 14 heteroatoms. The fourth-order valence-electron chi connectivity index (χ4n) is 4.27. The second-order valence-electron chi connectivity index (χ2n) is 10.1. The Balaban J connectivity index is 1.73. The van der Waals surface area contributed by atoms with Gasteiger partial charge in [0.15, 0.2) is 5.60 Å². The van der Waals surface area contributed by atoms with Gasteiger partial charge in [-0.25, -0.2) is 17.9 Å². The molecule has 0 spiro atoms. The fourth-order valence-corrected chi connectivity index (χ4v) is 5.83. The maximum absolute atomic E-state index is 12.7. The van der Waals surface area contributed by atoms with Crippen LogP contribution in [0.15, 0.2) is 85.7 Å².